The average Bonchev–Trinajstić information content (AvgIpc) is 3.42. The van der Waals surface area contributed by atoms with Gasteiger partial charge in [-0.15, -0.1) is 12.4 Å². The van der Waals surface area contributed by atoms with E-state index in [2.05, 4.69) is 15.4 Å². The van der Waals surface area contributed by atoms with Crippen molar-refractivity contribution in [3.05, 3.63) is 27.2 Å². The van der Waals surface area contributed by atoms with Gasteiger partial charge < -0.3 is 10.2 Å². The molecule has 1 saturated heterocycles. The number of aromatic amines is 1. The summed E-state index contributed by atoms with van der Waals surface area (Å²) in [6.07, 6.45) is 5.09. The van der Waals surface area contributed by atoms with Gasteiger partial charge in [-0.05, 0) is 63.1 Å². The van der Waals surface area contributed by atoms with E-state index in [-0.39, 0.29) is 23.9 Å². The van der Waals surface area contributed by atoms with Gasteiger partial charge in [-0.2, -0.15) is 0 Å². The number of nitrogens with zero attached hydrogens (tertiary/aromatic N) is 3. The van der Waals surface area contributed by atoms with Crippen LogP contribution in [-0.2, 0) is 18.3 Å². The van der Waals surface area contributed by atoms with Crippen molar-refractivity contribution in [2.75, 3.05) is 19.6 Å². The molecule has 2 aromatic rings. The number of fused-ring (bicyclic) bond motifs is 1. The lowest BCUT2D eigenvalue weighted by molar-refractivity contribution is -0.131. The van der Waals surface area contributed by atoms with E-state index in [1.165, 1.54) is 12.8 Å². The number of carbonyl (C=O) groups is 1. The molecule has 2 aromatic heterocycles. The zero-order chi connectivity index (χ0) is 19.1. The Labute approximate surface area is 171 Å². The fraction of sp³-hybridized carbons (Fsp3) is 0.650. The van der Waals surface area contributed by atoms with Gasteiger partial charge in [0.1, 0.15) is 0 Å². The van der Waals surface area contributed by atoms with E-state index < -0.39 is 0 Å². The number of rotatable bonds is 5. The highest BCUT2D eigenvalue weighted by Gasteiger charge is 2.27. The molecule has 1 amide bonds. The monoisotopic (exact) mass is 407 g/mol. The summed E-state index contributed by atoms with van der Waals surface area (Å²) in [4.78, 5) is 31.6. The van der Waals surface area contributed by atoms with Crippen molar-refractivity contribution in [2.45, 2.75) is 52.0 Å². The van der Waals surface area contributed by atoms with Gasteiger partial charge in [-0.3, -0.25) is 19.4 Å². The summed E-state index contributed by atoms with van der Waals surface area (Å²) >= 11 is 0. The second-order valence-corrected chi connectivity index (χ2v) is 8.18. The number of H-pyrrole nitrogens is 1. The number of aryl methyl sites for hydroxylation is 3. The molecule has 0 radical (unpaired) electrons. The summed E-state index contributed by atoms with van der Waals surface area (Å²) in [5.41, 5.74) is 3.08. The molecule has 0 aromatic carbocycles. The highest BCUT2D eigenvalue weighted by Crippen LogP contribution is 2.28. The van der Waals surface area contributed by atoms with E-state index in [4.69, 9.17) is 0 Å². The average molecular weight is 408 g/mol. The van der Waals surface area contributed by atoms with Gasteiger partial charge in [0.05, 0.1) is 11.8 Å². The van der Waals surface area contributed by atoms with Crippen LogP contribution in [0.1, 0.15) is 42.5 Å². The van der Waals surface area contributed by atoms with E-state index in [0.717, 1.165) is 55.2 Å². The van der Waals surface area contributed by atoms with Crippen molar-refractivity contribution in [1.29, 1.82) is 0 Å². The summed E-state index contributed by atoms with van der Waals surface area (Å²) in [6, 6.07) is 0.541. The van der Waals surface area contributed by atoms with Gasteiger partial charge in [-0.1, -0.05) is 0 Å². The Morgan fingerprint density at radius 1 is 1.21 bits per heavy atom. The van der Waals surface area contributed by atoms with E-state index in [1.807, 2.05) is 18.7 Å². The molecule has 0 bridgehead atoms. The first-order chi connectivity index (χ1) is 12.9. The predicted molar refractivity (Wildman–Crippen MR) is 112 cm³/mol. The maximum atomic E-state index is 12.9. The van der Waals surface area contributed by atoms with Crippen molar-refractivity contribution in [1.82, 2.24) is 25.0 Å². The Morgan fingerprint density at radius 2 is 1.89 bits per heavy atom. The maximum Gasteiger partial charge on any atom is 0.273 e. The van der Waals surface area contributed by atoms with Crippen molar-refractivity contribution in [3.8, 4) is 0 Å². The minimum Gasteiger partial charge on any atom is -0.342 e. The van der Waals surface area contributed by atoms with Gasteiger partial charge in [0.15, 0.2) is 5.65 Å². The maximum absolute atomic E-state index is 12.9. The summed E-state index contributed by atoms with van der Waals surface area (Å²) in [7, 11) is 1.78. The third-order valence-corrected chi connectivity index (χ3v) is 6.14. The second-order valence-electron chi connectivity index (χ2n) is 8.18. The predicted octanol–water partition coefficient (Wildman–Crippen LogP) is 1.83. The van der Waals surface area contributed by atoms with Crippen LogP contribution in [0.15, 0.2) is 4.79 Å². The van der Waals surface area contributed by atoms with Gasteiger partial charge in [0.2, 0.25) is 5.91 Å². The van der Waals surface area contributed by atoms with Crippen molar-refractivity contribution in [3.63, 3.8) is 0 Å². The molecule has 2 aliphatic rings. The Kier molecular flexibility index (Phi) is 6.15. The lowest BCUT2D eigenvalue weighted by Gasteiger charge is -2.33. The topological polar surface area (TPSA) is 83.0 Å². The third-order valence-electron chi connectivity index (χ3n) is 6.14. The summed E-state index contributed by atoms with van der Waals surface area (Å²) < 4.78 is 1.64. The molecule has 1 aliphatic carbocycles. The van der Waals surface area contributed by atoms with E-state index in [1.54, 1.807) is 11.7 Å². The number of amides is 1. The molecule has 0 atom stereocenters. The number of carbonyl (C=O) groups excluding carboxylic acids is 1. The highest BCUT2D eigenvalue weighted by molar-refractivity contribution is 5.85. The van der Waals surface area contributed by atoms with Crippen LogP contribution in [0.3, 0.4) is 0 Å². The SMILES string of the molecule is Cc1nc2c(c(C)c1CC(=O)N1CCC(NCC3CC3)CC1)c(=O)[nH]n2C.Cl. The molecule has 3 heterocycles. The number of nitrogens with one attached hydrogen (secondary N) is 2. The van der Waals surface area contributed by atoms with Crippen LogP contribution in [0, 0.1) is 19.8 Å². The molecular formula is C20H30ClN5O2. The summed E-state index contributed by atoms with van der Waals surface area (Å²) in [5, 5.41) is 7.00. The van der Waals surface area contributed by atoms with Crippen molar-refractivity contribution < 1.29 is 4.79 Å². The molecule has 4 rings (SSSR count). The normalized spacial score (nSPS) is 17.8. The van der Waals surface area contributed by atoms with Gasteiger partial charge in [-0.25, -0.2) is 4.98 Å². The summed E-state index contributed by atoms with van der Waals surface area (Å²) in [5.74, 6) is 1.02. The first-order valence-corrected chi connectivity index (χ1v) is 10.00. The molecule has 1 aliphatic heterocycles. The van der Waals surface area contributed by atoms with Crippen LogP contribution in [-0.4, -0.2) is 51.2 Å². The molecule has 7 nitrogen and oxygen atoms in total. The molecule has 28 heavy (non-hydrogen) atoms. The van der Waals surface area contributed by atoms with Crippen LogP contribution in [0.5, 0.6) is 0 Å². The minimum absolute atomic E-state index is 0. The number of piperidine rings is 1. The fourth-order valence-corrected chi connectivity index (χ4v) is 4.16. The van der Waals surface area contributed by atoms with Crippen LogP contribution >= 0.6 is 12.4 Å². The van der Waals surface area contributed by atoms with Crippen LogP contribution < -0.4 is 10.9 Å². The van der Waals surface area contributed by atoms with Crippen LogP contribution in [0.25, 0.3) is 11.0 Å². The number of hydrogen-bond acceptors (Lipinski definition) is 4. The minimum atomic E-state index is -0.145. The Morgan fingerprint density at radius 3 is 2.54 bits per heavy atom. The van der Waals surface area contributed by atoms with Gasteiger partial charge in [0.25, 0.3) is 5.56 Å². The lowest BCUT2D eigenvalue weighted by atomic mass is 9.99. The molecule has 8 heteroatoms. The van der Waals surface area contributed by atoms with Gasteiger partial charge >= 0.3 is 0 Å². The highest BCUT2D eigenvalue weighted by atomic mass is 35.5. The van der Waals surface area contributed by atoms with E-state index in [9.17, 15) is 9.59 Å². The number of hydrogen-bond donors (Lipinski definition) is 2. The molecule has 154 valence electrons. The third kappa shape index (κ3) is 4.10. The zero-order valence-electron chi connectivity index (χ0n) is 16.9. The number of aromatic nitrogens is 3. The van der Waals surface area contributed by atoms with E-state index in [0.29, 0.717) is 23.5 Å². The fourth-order valence-electron chi connectivity index (χ4n) is 4.16. The first-order valence-electron chi connectivity index (χ1n) is 10.00. The smallest absolute Gasteiger partial charge is 0.273 e. The lowest BCUT2D eigenvalue weighted by Crippen LogP contribution is -2.45. The zero-order valence-corrected chi connectivity index (χ0v) is 17.7. The van der Waals surface area contributed by atoms with Crippen molar-refractivity contribution >= 4 is 29.3 Å². The number of halogens is 1. The molecule has 1 saturated carbocycles. The number of likely N-dealkylation sites (tertiary alicyclic amines) is 1. The quantitative estimate of drug-likeness (QED) is 0.792. The van der Waals surface area contributed by atoms with Gasteiger partial charge in [0, 0.05) is 31.9 Å². The first kappa shape index (κ1) is 20.9. The molecular weight excluding hydrogens is 378 g/mol. The van der Waals surface area contributed by atoms with Crippen LogP contribution in [0.4, 0.5) is 0 Å². The largest absolute Gasteiger partial charge is 0.342 e. The number of pyridine rings is 1. The van der Waals surface area contributed by atoms with Crippen LogP contribution in [0.2, 0.25) is 0 Å². The molecule has 2 fully saturated rings. The van der Waals surface area contributed by atoms with Crippen molar-refractivity contribution in [2.24, 2.45) is 13.0 Å². The Bertz CT molecular complexity index is 923. The molecule has 0 spiro atoms. The Balaban J connectivity index is 0.00000225. The van der Waals surface area contributed by atoms with E-state index >= 15 is 0 Å². The molecule has 0 unspecified atom stereocenters. The standard InChI is InChI=1S/C20H29N5O2.ClH/c1-12-16(13(2)22-19-18(12)20(27)23-24(19)3)10-17(26)25-8-6-15(7-9-25)21-11-14-4-5-14;/h14-15,21H,4-11H2,1-3H3,(H,23,27);1H. The summed E-state index contributed by atoms with van der Waals surface area (Å²) in [6.45, 7) is 6.58. The molecule has 2 N–H and O–H groups in total. The Hall–Kier alpha value is -1.86. The second kappa shape index (κ2) is 8.25.